The maximum absolute atomic E-state index is 4.48. The molecule has 5 heteroatoms. The Hall–Kier alpha value is -2.30. The smallest absolute Gasteiger partial charge is 0.190 e. The van der Waals surface area contributed by atoms with Crippen molar-refractivity contribution < 1.29 is 0 Å². The standard InChI is InChI=1S/C18H25N5/c1-19-18(22-13-15-7-8-15)21-10-9-17-20-11-12-23(17)14-16-5-3-2-4-6-16/h2-6,11-12,15H,7-10,13-14H2,1H3,(H2,19,21,22). The van der Waals surface area contributed by atoms with E-state index in [1.54, 1.807) is 0 Å². The zero-order chi connectivity index (χ0) is 15.9. The maximum atomic E-state index is 4.48. The number of rotatable bonds is 7. The largest absolute Gasteiger partial charge is 0.356 e. The summed E-state index contributed by atoms with van der Waals surface area (Å²) in [7, 11) is 1.82. The molecule has 0 amide bonds. The number of aliphatic imine (C=N–C) groups is 1. The van der Waals surface area contributed by atoms with E-state index >= 15 is 0 Å². The number of hydrogen-bond donors (Lipinski definition) is 2. The third-order valence-corrected chi connectivity index (χ3v) is 4.12. The number of hydrogen-bond acceptors (Lipinski definition) is 2. The molecule has 2 aromatic rings. The van der Waals surface area contributed by atoms with Gasteiger partial charge in [0.05, 0.1) is 0 Å². The van der Waals surface area contributed by atoms with E-state index in [4.69, 9.17) is 0 Å². The van der Waals surface area contributed by atoms with Gasteiger partial charge in [-0.25, -0.2) is 4.98 Å². The van der Waals surface area contributed by atoms with Gasteiger partial charge in [0.15, 0.2) is 5.96 Å². The second-order valence-electron chi connectivity index (χ2n) is 6.03. The summed E-state index contributed by atoms with van der Waals surface area (Å²) in [6, 6.07) is 10.5. The highest BCUT2D eigenvalue weighted by atomic mass is 15.2. The fraction of sp³-hybridized carbons (Fsp3) is 0.444. The first-order valence-electron chi connectivity index (χ1n) is 8.33. The molecule has 23 heavy (non-hydrogen) atoms. The molecule has 0 radical (unpaired) electrons. The highest BCUT2D eigenvalue weighted by molar-refractivity contribution is 5.79. The van der Waals surface area contributed by atoms with E-state index in [9.17, 15) is 0 Å². The van der Waals surface area contributed by atoms with Gasteiger partial charge in [0, 0.05) is 45.5 Å². The van der Waals surface area contributed by atoms with Crippen LogP contribution in [-0.4, -0.2) is 35.6 Å². The van der Waals surface area contributed by atoms with Crippen LogP contribution in [0.25, 0.3) is 0 Å². The minimum absolute atomic E-state index is 0.830. The molecular formula is C18H25N5. The van der Waals surface area contributed by atoms with Crippen LogP contribution in [0, 0.1) is 5.92 Å². The van der Waals surface area contributed by atoms with Crippen molar-refractivity contribution in [3.05, 3.63) is 54.1 Å². The molecule has 2 N–H and O–H groups in total. The fourth-order valence-electron chi connectivity index (χ4n) is 2.57. The molecule has 0 unspecified atom stereocenters. The van der Waals surface area contributed by atoms with Crippen LogP contribution in [0.2, 0.25) is 0 Å². The Kier molecular flexibility index (Phi) is 5.29. The molecule has 3 rings (SSSR count). The zero-order valence-electron chi connectivity index (χ0n) is 13.7. The fourth-order valence-corrected chi connectivity index (χ4v) is 2.57. The minimum Gasteiger partial charge on any atom is -0.356 e. The van der Waals surface area contributed by atoms with Gasteiger partial charge in [0.25, 0.3) is 0 Å². The lowest BCUT2D eigenvalue weighted by Crippen LogP contribution is -2.39. The van der Waals surface area contributed by atoms with Gasteiger partial charge in [0.1, 0.15) is 5.82 Å². The van der Waals surface area contributed by atoms with E-state index in [1.165, 1.54) is 18.4 Å². The lowest BCUT2D eigenvalue weighted by molar-refractivity contribution is 0.687. The predicted molar refractivity (Wildman–Crippen MR) is 93.6 cm³/mol. The molecule has 1 saturated carbocycles. The van der Waals surface area contributed by atoms with E-state index in [2.05, 4.69) is 49.4 Å². The average molecular weight is 311 g/mol. The number of aromatic nitrogens is 2. The third kappa shape index (κ3) is 4.84. The number of nitrogens with zero attached hydrogens (tertiary/aromatic N) is 3. The quantitative estimate of drug-likeness (QED) is 0.608. The normalized spacial score (nSPS) is 14.7. The molecule has 1 fully saturated rings. The summed E-state index contributed by atoms with van der Waals surface area (Å²) >= 11 is 0. The highest BCUT2D eigenvalue weighted by Gasteiger charge is 2.20. The second-order valence-corrected chi connectivity index (χ2v) is 6.03. The summed E-state index contributed by atoms with van der Waals surface area (Å²) in [4.78, 5) is 8.75. The monoisotopic (exact) mass is 311 g/mol. The van der Waals surface area contributed by atoms with Crippen LogP contribution in [0.15, 0.2) is 47.7 Å². The third-order valence-electron chi connectivity index (χ3n) is 4.12. The molecular weight excluding hydrogens is 286 g/mol. The molecule has 0 bridgehead atoms. The SMILES string of the molecule is CN=C(NCCc1nccn1Cc1ccccc1)NCC1CC1. The van der Waals surface area contributed by atoms with Crippen molar-refractivity contribution in [2.24, 2.45) is 10.9 Å². The lowest BCUT2D eigenvalue weighted by Gasteiger charge is -2.12. The van der Waals surface area contributed by atoms with Crippen LogP contribution in [0.5, 0.6) is 0 Å². The van der Waals surface area contributed by atoms with E-state index in [1.807, 2.05) is 25.5 Å². The van der Waals surface area contributed by atoms with Gasteiger partial charge < -0.3 is 15.2 Å². The maximum Gasteiger partial charge on any atom is 0.190 e. The second kappa shape index (κ2) is 7.81. The molecule has 0 aliphatic heterocycles. The number of benzene rings is 1. The van der Waals surface area contributed by atoms with Gasteiger partial charge in [-0.1, -0.05) is 30.3 Å². The lowest BCUT2D eigenvalue weighted by atomic mass is 10.2. The minimum atomic E-state index is 0.830. The number of imidazole rings is 1. The number of guanidine groups is 1. The van der Waals surface area contributed by atoms with Gasteiger partial charge in [-0.2, -0.15) is 0 Å². The Labute approximate surface area is 137 Å². The van der Waals surface area contributed by atoms with Gasteiger partial charge >= 0.3 is 0 Å². The van der Waals surface area contributed by atoms with Crippen molar-refractivity contribution in [2.45, 2.75) is 25.8 Å². The van der Waals surface area contributed by atoms with Crippen LogP contribution in [0.1, 0.15) is 24.2 Å². The molecule has 1 aliphatic rings. The summed E-state index contributed by atoms with van der Waals surface area (Å²) in [5.41, 5.74) is 1.29. The Morgan fingerprint density at radius 2 is 2.09 bits per heavy atom. The topological polar surface area (TPSA) is 54.2 Å². The molecule has 1 aromatic heterocycles. The number of nitrogens with one attached hydrogen (secondary N) is 2. The van der Waals surface area contributed by atoms with Gasteiger partial charge in [-0.3, -0.25) is 4.99 Å². The summed E-state index contributed by atoms with van der Waals surface area (Å²) < 4.78 is 2.21. The van der Waals surface area contributed by atoms with E-state index < -0.39 is 0 Å². The Bertz CT molecular complexity index is 628. The molecule has 1 aromatic carbocycles. The molecule has 1 heterocycles. The molecule has 0 atom stereocenters. The van der Waals surface area contributed by atoms with Crippen LogP contribution in [0.3, 0.4) is 0 Å². The highest BCUT2D eigenvalue weighted by Crippen LogP contribution is 2.27. The molecule has 0 saturated heterocycles. The summed E-state index contributed by atoms with van der Waals surface area (Å²) in [5.74, 6) is 2.83. The van der Waals surface area contributed by atoms with Crippen LogP contribution in [-0.2, 0) is 13.0 Å². The summed E-state index contributed by atoms with van der Waals surface area (Å²) in [5, 5.41) is 6.75. The van der Waals surface area contributed by atoms with Gasteiger partial charge in [-0.05, 0) is 24.3 Å². The van der Waals surface area contributed by atoms with E-state index in [0.717, 1.165) is 43.8 Å². The summed E-state index contributed by atoms with van der Waals surface area (Å²) in [6.07, 6.45) is 7.49. The molecule has 0 spiro atoms. The molecule has 1 aliphatic carbocycles. The molecule has 122 valence electrons. The molecule has 5 nitrogen and oxygen atoms in total. The predicted octanol–water partition coefficient (Wildman–Crippen LogP) is 2.05. The van der Waals surface area contributed by atoms with Crippen molar-refractivity contribution >= 4 is 5.96 Å². The van der Waals surface area contributed by atoms with Crippen molar-refractivity contribution in [1.29, 1.82) is 0 Å². The Balaban J connectivity index is 1.47. The van der Waals surface area contributed by atoms with Crippen molar-refractivity contribution in [3.63, 3.8) is 0 Å². The van der Waals surface area contributed by atoms with Crippen LogP contribution < -0.4 is 10.6 Å². The van der Waals surface area contributed by atoms with Crippen LogP contribution in [0.4, 0.5) is 0 Å². The van der Waals surface area contributed by atoms with Crippen LogP contribution >= 0.6 is 0 Å². The first kappa shape index (κ1) is 15.6. The van der Waals surface area contributed by atoms with Crippen molar-refractivity contribution in [2.75, 3.05) is 20.1 Å². The van der Waals surface area contributed by atoms with E-state index in [-0.39, 0.29) is 0 Å². The van der Waals surface area contributed by atoms with Crippen molar-refractivity contribution in [3.8, 4) is 0 Å². The zero-order valence-corrected chi connectivity index (χ0v) is 13.7. The first-order valence-corrected chi connectivity index (χ1v) is 8.33. The van der Waals surface area contributed by atoms with Gasteiger partial charge in [-0.15, -0.1) is 0 Å². The van der Waals surface area contributed by atoms with Crippen molar-refractivity contribution in [1.82, 2.24) is 20.2 Å². The van der Waals surface area contributed by atoms with Gasteiger partial charge in [0.2, 0.25) is 0 Å². The Morgan fingerprint density at radius 1 is 1.26 bits per heavy atom. The summed E-state index contributed by atoms with van der Waals surface area (Å²) in [6.45, 7) is 2.73. The first-order chi connectivity index (χ1) is 11.3. The van der Waals surface area contributed by atoms with E-state index in [0.29, 0.717) is 0 Å². The Morgan fingerprint density at radius 3 is 2.83 bits per heavy atom. The average Bonchev–Trinajstić information content (AvgIpc) is 3.32.